The summed E-state index contributed by atoms with van der Waals surface area (Å²) in [6.45, 7) is 4.15. The van der Waals surface area contributed by atoms with Gasteiger partial charge in [-0.3, -0.25) is 0 Å². The highest BCUT2D eigenvalue weighted by atomic mass is 15.0. The molecule has 0 bridgehead atoms. The first-order valence-corrected chi connectivity index (χ1v) is 3.49. The van der Waals surface area contributed by atoms with Crippen molar-refractivity contribution < 1.29 is 0 Å². The summed E-state index contributed by atoms with van der Waals surface area (Å²) < 4.78 is 2.00. The Morgan fingerprint density at radius 3 is 3.00 bits per heavy atom. The fourth-order valence-corrected chi connectivity index (χ4v) is 0.746. The minimum Gasteiger partial charge on any atom is -0.311 e. The van der Waals surface area contributed by atoms with Crippen molar-refractivity contribution in [2.75, 3.05) is 0 Å². The van der Waals surface area contributed by atoms with Crippen molar-refractivity contribution in [1.29, 1.82) is 0 Å². The smallest absolute Gasteiger partial charge is 0.0989 e. The number of aryl methyl sites for hydroxylation is 1. The lowest BCUT2D eigenvalue weighted by Crippen LogP contribution is -1.84. The highest BCUT2D eigenvalue weighted by molar-refractivity contribution is 5.24. The van der Waals surface area contributed by atoms with Gasteiger partial charge in [-0.25, -0.2) is 4.98 Å². The van der Waals surface area contributed by atoms with Crippen molar-refractivity contribution >= 4 is 6.20 Å². The molecular weight excluding hydrogens is 124 g/mol. The number of hydrogen-bond acceptors (Lipinski definition) is 1. The van der Waals surface area contributed by atoms with Crippen LogP contribution in [0.2, 0.25) is 0 Å². The fourth-order valence-electron chi connectivity index (χ4n) is 0.746. The van der Waals surface area contributed by atoms with Gasteiger partial charge in [-0.15, -0.1) is 0 Å². The first-order chi connectivity index (χ1) is 4.84. The molecule has 0 aliphatic heterocycles. The maximum Gasteiger partial charge on any atom is 0.0989 e. The van der Waals surface area contributed by atoms with Gasteiger partial charge in [0.15, 0.2) is 0 Å². The summed E-state index contributed by atoms with van der Waals surface area (Å²) in [7, 11) is 0. The molecule has 2 nitrogen and oxygen atoms in total. The third kappa shape index (κ3) is 1.47. The summed E-state index contributed by atoms with van der Waals surface area (Å²) in [4.78, 5) is 3.99. The molecule has 1 aromatic heterocycles. The lowest BCUT2D eigenvalue weighted by atomic mass is 10.4. The van der Waals surface area contributed by atoms with Crippen LogP contribution >= 0.6 is 0 Å². The van der Waals surface area contributed by atoms with Gasteiger partial charge in [0.1, 0.15) is 0 Å². The second kappa shape index (κ2) is 3.20. The number of hydrogen-bond donors (Lipinski definition) is 0. The molecule has 0 radical (unpaired) electrons. The first-order valence-electron chi connectivity index (χ1n) is 3.49. The normalized spacial score (nSPS) is 11.0. The summed E-state index contributed by atoms with van der Waals surface area (Å²) >= 11 is 0. The van der Waals surface area contributed by atoms with Gasteiger partial charge >= 0.3 is 0 Å². The van der Waals surface area contributed by atoms with E-state index in [4.69, 9.17) is 0 Å². The Morgan fingerprint density at radius 1 is 1.70 bits per heavy atom. The van der Waals surface area contributed by atoms with Crippen LogP contribution in [0.25, 0.3) is 6.20 Å². The molecule has 0 aliphatic carbocycles. The minimum atomic E-state index is 1.07. The molecule has 0 N–H and O–H groups in total. The van der Waals surface area contributed by atoms with Gasteiger partial charge in [0.25, 0.3) is 0 Å². The lowest BCUT2D eigenvalue weighted by molar-refractivity contribution is 1.06. The fraction of sp³-hybridized carbons (Fsp3) is 0.375. The van der Waals surface area contributed by atoms with Gasteiger partial charge in [0.05, 0.1) is 6.33 Å². The van der Waals surface area contributed by atoms with Crippen LogP contribution in [0, 0.1) is 6.92 Å². The zero-order valence-corrected chi connectivity index (χ0v) is 6.41. The van der Waals surface area contributed by atoms with Crippen LogP contribution < -0.4 is 0 Å². The lowest BCUT2D eigenvalue weighted by Gasteiger charge is -1.92. The Balaban J connectivity index is 2.74. The summed E-state index contributed by atoms with van der Waals surface area (Å²) in [6.07, 6.45) is 8.86. The van der Waals surface area contributed by atoms with E-state index in [0.717, 1.165) is 6.42 Å². The summed E-state index contributed by atoms with van der Waals surface area (Å²) in [5.41, 5.74) is 1.17. The molecule has 0 aliphatic rings. The highest BCUT2D eigenvalue weighted by Gasteiger charge is 1.87. The first kappa shape index (κ1) is 7.06. The van der Waals surface area contributed by atoms with Crippen LogP contribution in [0.15, 0.2) is 18.6 Å². The molecule has 0 aromatic carbocycles. The summed E-state index contributed by atoms with van der Waals surface area (Å²) in [5, 5.41) is 0. The number of aromatic nitrogens is 2. The van der Waals surface area contributed by atoms with Crippen LogP contribution in [0.1, 0.15) is 19.0 Å². The largest absolute Gasteiger partial charge is 0.311 e. The average molecular weight is 136 g/mol. The van der Waals surface area contributed by atoms with Crippen molar-refractivity contribution in [2.24, 2.45) is 0 Å². The molecular formula is C8H12N2. The molecule has 2 heteroatoms. The molecule has 1 rings (SSSR count). The predicted molar refractivity (Wildman–Crippen MR) is 42.6 cm³/mol. The molecule has 1 aromatic rings. The van der Waals surface area contributed by atoms with Crippen LogP contribution in [-0.4, -0.2) is 9.55 Å². The molecule has 0 fully saturated rings. The van der Waals surface area contributed by atoms with Crippen LogP contribution in [-0.2, 0) is 0 Å². The van der Waals surface area contributed by atoms with E-state index in [9.17, 15) is 0 Å². The molecule has 0 saturated carbocycles. The van der Waals surface area contributed by atoms with E-state index in [2.05, 4.69) is 18.0 Å². The van der Waals surface area contributed by atoms with E-state index >= 15 is 0 Å². The van der Waals surface area contributed by atoms with E-state index in [0.29, 0.717) is 0 Å². The minimum absolute atomic E-state index is 1.07. The van der Waals surface area contributed by atoms with Crippen LogP contribution in [0.3, 0.4) is 0 Å². The molecule has 0 spiro atoms. The number of rotatable bonds is 2. The third-order valence-electron chi connectivity index (χ3n) is 1.36. The highest BCUT2D eigenvalue weighted by Crippen LogP contribution is 1.96. The summed E-state index contributed by atoms with van der Waals surface area (Å²) in [5.74, 6) is 0. The van der Waals surface area contributed by atoms with Crippen molar-refractivity contribution in [1.82, 2.24) is 9.55 Å². The Bertz CT molecular complexity index is 223. The van der Waals surface area contributed by atoms with Crippen molar-refractivity contribution in [3.05, 3.63) is 24.3 Å². The van der Waals surface area contributed by atoms with Gasteiger partial charge < -0.3 is 4.57 Å². The topological polar surface area (TPSA) is 17.8 Å². The van der Waals surface area contributed by atoms with Crippen LogP contribution in [0.5, 0.6) is 0 Å². The number of imidazole rings is 1. The standard InChI is InChI=1S/C8H12N2/c1-3-4-5-10-7-9-6-8(10)2/h4-7H,3H2,1-2H3/b5-4-. The third-order valence-corrected chi connectivity index (χ3v) is 1.36. The Kier molecular flexibility index (Phi) is 2.26. The monoisotopic (exact) mass is 136 g/mol. The van der Waals surface area contributed by atoms with E-state index < -0.39 is 0 Å². The molecule has 0 saturated heterocycles. The maximum absolute atomic E-state index is 3.99. The second-order valence-electron chi connectivity index (χ2n) is 2.24. The zero-order valence-electron chi connectivity index (χ0n) is 6.41. The van der Waals surface area contributed by atoms with E-state index in [1.165, 1.54) is 5.69 Å². The van der Waals surface area contributed by atoms with Gasteiger partial charge in [0.2, 0.25) is 0 Å². The molecule has 10 heavy (non-hydrogen) atoms. The van der Waals surface area contributed by atoms with E-state index in [-0.39, 0.29) is 0 Å². The van der Waals surface area contributed by atoms with E-state index in [1.807, 2.05) is 30.2 Å². The van der Waals surface area contributed by atoms with Gasteiger partial charge in [-0.05, 0) is 13.3 Å². The average Bonchev–Trinajstić information content (AvgIpc) is 2.31. The SMILES string of the molecule is CC/C=C\n1cncc1C. The van der Waals surface area contributed by atoms with Crippen molar-refractivity contribution in [2.45, 2.75) is 20.3 Å². The molecule has 0 amide bonds. The predicted octanol–water partition coefficient (Wildman–Crippen LogP) is 2.07. The Labute approximate surface area is 61.2 Å². The molecule has 54 valence electrons. The summed E-state index contributed by atoms with van der Waals surface area (Å²) in [6, 6.07) is 0. The Hall–Kier alpha value is -1.05. The van der Waals surface area contributed by atoms with Gasteiger partial charge in [-0.1, -0.05) is 13.0 Å². The second-order valence-corrected chi connectivity index (χ2v) is 2.24. The van der Waals surface area contributed by atoms with Gasteiger partial charge in [0, 0.05) is 18.1 Å². The molecule has 0 unspecified atom stereocenters. The number of nitrogens with zero attached hydrogens (tertiary/aromatic N) is 2. The van der Waals surface area contributed by atoms with E-state index in [1.54, 1.807) is 0 Å². The molecule has 1 heterocycles. The van der Waals surface area contributed by atoms with Gasteiger partial charge in [-0.2, -0.15) is 0 Å². The maximum atomic E-state index is 3.99. The zero-order chi connectivity index (χ0) is 7.40. The number of allylic oxidation sites excluding steroid dienone is 1. The van der Waals surface area contributed by atoms with Crippen LogP contribution in [0.4, 0.5) is 0 Å². The van der Waals surface area contributed by atoms with Crippen molar-refractivity contribution in [3.8, 4) is 0 Å². The Morgan fingerprint density at radius 2 is 2.50 bits per heavy atom. The van der Waals surface area contributed by atoms with Crippen molar-refractivity contribution in [3.63, 3.8) is 0 Å². The quantitative estimate of drug-likeness (QED) is 0.608. The molecule has 0 atom stereocenters.